The van der Waals surface area contributed by atoms with Crippen LogP contribution in [0, 0.1) is 6.92 Å². The number of carbonyl (C=O) groups is 2. The molecule has 172 valence electrons. The third-order valence-corrected chi connectivity index (χ3v) is 7.63. The van der Waals surface area contributed by atoms with Crippen molar-refractivity contribution in [1.29, 1.82) is 0 Å². The molecule has 9 heteroatoms. The van der Waals surface area contributed by atoms with Gasteiger partial charge in [0.25, 0.3) is 5.91 Å². The van der Waals surface area contributed by atoms with Crippen LogP contribution in [-0.2, 0) is 26.0 Å². The summed E-state index contributed by atoms with van der Waals surface area (Å²) in [7, 11) is -3.76. The van der Waals surface area contributed by atoms with Gasteiger partial charge >= 0.3 is 0 Å². The molecule has 0 atom stereocenters. The van der Waals surface area contributed by atoms with Crippen molar-refractivity contribution in [3.63, 3.8) is 0 Å². The predicted molar refractivity (Wildman–Crippen MR) is 124 cm³/mol. The van der Waals surface area contributed by atoms with Crippen molar-refractivity contribution in [2.45, 2.75) is 18.2 Å². The number of amides is 2. The third kappa shape index (κ3) is 5.05. The Hall–Kier alpha value is -3.27. The second-order valence-electron chi connectivity index (χ2n) is 7.81. The van der Waals surface area contributed by atoms with E-state index in [2.05, 4.69) is 10.9 Å². The Labute approximate surface area is 192 Å². The number of sulfonamides is 1. The van der Waals surface area contributed by atoms with Crippen molar-refractivity contribution in [3.05, 3.63) is 77.4 Å². The van der Waals surface area contributed by atoms with E-state index in [4.69, 9.17) is 4.74 Å². The minimum atomic E-state index is -3.76. The highest BCUT2D eigenvalue weighted by Gasteiger charge is 2.28. The van der Waals surface area contributed by atoms with Crippen molar-refractivity contribution in [2.24, 2.45) is 0 Å². The summed E-state index contributed by atoms with van der Waals surface area (Å²) in [5, 5.41) is 2.00. The average Bonchev–Trinajstić information content (AvgIpc) is 2.83. The van der Waals surface area contributed by atoms with Crippen molar-refractivity contribution in [2.75, 3.05) is 26.3 Å². The second-order valence-corrected chi connectivity index (χ2v) is 9.72. The van der Waals surface area contributed by atoms with E-state index in [0.717, 1.165) is 16.3 Å². The summed E-state index contributed by atoms with van der Waals surface area (Å²) < 4.78 is 32.6. The molecule has 4 rings (SSSR count). The Morgan fingerprint density at radius 1 is 0.970 bits per heavy atom. The van der Waals surface area contributed by atoms with Crippen LogP contribution >= 0.6 is 0 Å². The first-order valence-corrected chi connectivity index (χ1v) is 12.0. The highest BCUT2D eigenvalue weighted by molar-refractivity contribution is 7.89. The molecule has 0 bridgehead atoms. The highest BCUT2D eigenvalue weighted by Crippen LogP contribution is 2.22. The first kappa shape index (κ1) is 22.9. The fourth-order valence-electron chi connectivity index (χ4n) is 3.81. The van der Waals surface area contributed by atoms with Crippen LogP contribution in [-0.4, -0.2) is 50.8 Å². The van der Waals surface area contributed by atoms with E-state index in [1.165, 1.54) is 16.4 Å². The maximum absolute atomic E-state index is 13.0. The number of ether oxygens (including phenoxy) is 1. The summed E-state index contributed by atoms with van der Waals surface area (Å²) in [5.41, 5.74) is 6.31. The van der Waals surface area contributed by atoms with Gasteiger partial charge in [-0.15, -0.1) is 0 Å². The van der Waals surface area contributed by atoms with Crippen molar-refractivity contribution < 1.29 is 22.7 Å². The number of hydrogen-bond acceptors (Lipinski definition) is 5. The Morgan fingerprint density at radius 2 is 1.70 bits per heavy atom. The Bertz CT molecular complexity index is 1300. The zero-order chi connectivity index (χ0) is 23.4. The standard InChI is InChI=1S/C24H25N3O5S/c1-17-9-10-20(15-22(17)33(30,31)27-11-13-32-14-12-27)24(29)26-25-23(28)16-19-7-4-6-18-5-2-3-8-21(18)19/h2-10,15H,11-14,16H2,1H3,(H,25,28)(H,26,29). The summed E-state index contributed by atoms with van der Waals surface area (Å²) in [6.45, 7) is 2.88. The molecule has 8 nitrogen and oxygen atoms in total. The second kappa shape index (κ2) is 9.70. The van der Waals surface area contributed by atoms with Crippen LogP contribution < -0.4 is 10.9 Å². The molecule has 0 aliphatic carbocycles. The van der Waals surface area contributed by atoms with Gasteiger partial charge in [-0.1, -0.05) is 48.5 Å². The number of hydrogen-bond donors (Lipinski definition) is 2. The molecule has 1 aliphatic rings. The predicted octanol–water partition coefficient (Wildman–Crippen LogP) is 2.17. The summed E-state index contributed by atoms with van der Waals surface area (Å²) in [5.74, 6) is -0.979. The number of fused-ring (bicyclic) bond motifs is 1. The Morgan fingerprint density at radius 3 is 2.48 bits per heavy atom. The van der Waals surface area contributed by atoms with E-state index >= 15 is 0 Å². The molecule has 33 heavy (non-hydrogen) atoms. The number of aryl methyl sites for hydroxylation is 1. The lowest BCUT2D eigenvalue weighted by atomic mass is 10.0. The normalized spacial score (nSPS) is 14.7. The fourth-order valence-corrected chi connectivity index (χ4v) is 5.47. The van der Waals surface area contributed by atoms with Crippen molar-refractivity contribution in [1.82, 2.24) is 15.2 Å². The van der Waals surface area contributed by atoms with Crippen LogP contribution in [0.25, 0.3) is 10.8 Å². The molecule has 0 unspecified atom stereocenters. The molecule has 0 saturated carbocycles. The van der Waals surface area contributed by atoms with Gasteiger partial charge in [0.15, 0.2) is 0 Å². The summed E-state index contributed by atoms with van der Waals surface area (Å²) in [6, 6.07) is 17.9. The lowest BCUT2D eigenvalue weighted by Gasteiger charge is -2.26. The minimum absolute atomic E-state index is 0.0686. The minimum Gasteiger partial charge on any atom is -0.379 e. The Kier molecular flexibility index (Phi) is 6.73. The van der Waals surface area contributed by atoms with Gasteiger partial charge in [-0.3, -0.25) is 20.4 Å². The number of morpholine rings is 1. The average molecular weight is 468 g/mol. The lowest BCUT2D eigenvalue weighted by Crippen LogP contribution is -2.42. The zero-order valence-electron chi connectivity index (χ0n) is 18.2. The SMILES string of the molecule is Cc1ccc(C(=O)NNC(=O)Cc2cccc3ccccc23)cc1S(=O)(=O)N1CCOCC1. The largest absolute Gasteiger partial charge is 0.379 e. The van der Waals surface area contributed by atoms with Crippen molar-refractivity contribution >= 4 is 32.6 Å². The van der Waals surface area contributed by atoms with E-state index < -0.39 is 15.9 Å². The molecule has 1 heterocycles. The summed E-state index contributed by atoms with van der Waals surface area (Å²) >= 11 is 0. The molecule has 2 amide bonds. The van der Waals surface area contributed by atoms with E-state index in [9.17, 15) is 18.0 Å². The van der Waals surface area contributed by atoms with Gasteiger partial charge < -0.3 is 4.74 Å². The van der Waals surface area contributed by atoms with Gasteiger partial charge in [-0.2, -0.15) is 4.31 Å². The number of nitrogens with zero attached hydrogens (tertiary/aromatic N) is 1. The molecule has 0 spiro atoms. The van der Waals surface area contributed by atoms with Crippen LogP contribution in [0.5, 0.6) is 0 Å². The maximum Gasteiger partial charge on any atom is 0.269 e. The van der Waals surface area contributed by atoms with Gasteiger partial charge in [0, 0.05) is 18.7 Å². The first-order valence-electron chi connectivity index (χ1n) is 10.6. The van der Waals surface area contributed by atoms with E-state index in [-0.39, 0.29) is 35.9 Å². The molecular weight excluding hydrogens is 442 g/mol. The van der Waals surface area contributed by atoms with Crippen molar-refractivity contribution in [3.8, 4) is 0 Å². The molecule has 3 aromatic rings. The van der Waals surface area contributed by atoms with Gasteiger partial charge in [-0.25, -0.2) is 8.42 Å². The molecule has 0 aromatic heterocycles. The van der Waals surface area contributed by atoms with Crippen LogP contribution in [0.15, 0.2) is 65.6 Å². The number of hydrazine groups is 1. The molecule has 0 radical (unpaired) electrons. The van der Waals surface area contributed by atoms with E-state index in [1.54, 1.807) is 13.0 Å². The number of nitrogens with one attached hydrogen (secondary N) is 2. The fraction of sp³-hybridized carbons (Fsp3) is 0.250. The number of carbonyl (C=O) groups excluding carboxylic acids is 2. The molecule has 3 aromatic carbocycles. The van der Waals surface area contributed by atoms with Crippen LogP contribution in [0.3, 0.4) is 0 Å². The van der Waals surface area contributed by atoms with E-state index in [1.807, 2.05) is 42.5 Å². The van der Waals surface area contributed by atoms with Crippen LogP contribution in [0.4, 0.5) is 0 Å². The molecule has 1 aliphatic heterocycles. The number of rotatable bonds is 5. The topological polar surface area (TPSA) is 105 Å². The first-order chi connectivity index (χ1) is 15.9. The summed E-state index contributed by atoms with van der Waals surface area (Å²) in [6.07, 6.45) is 0.0895. The Balaban J connectivity index is 1.44. The quantitative estimate of drug-likeness (QED) is 0.560. The monoisotopic (exact) mass is 467 g/mol. The maximum atomic E-state index is 13.0. The van der Waals surface area contributed by atoms with Gasteiger partial charge in [0.2, 0.25) is 15.9 Å². The van der Waals surface area contributed by atoms with Crippen LogP contribution in [0.2, 0.25) is 0 Å². The van der Waals surface area contributed by atoms with Crippen LogP contribution in [0.1, 0.15) is 21.5 Å². The smallest absolute Gasteiger partial charge is 0.269 e. The lowest BCUT2D eigenvalue weighted by molar-refractivity contribution is -0.121. The van der Waals surface area contributed by atoms with Gasteiger partial charge in [0.05, 0.1) is 24.5 Å². The third-order valence-electron chi connectivity index (χ3n) is 5.58. The molecule has 2 N–H and O–H groups in total. The molecule has 1 saturated heterocycles. The molecular formula is C24H25N3O5S. The van der Waals surface area contributed by atoms with E-state index in [0.29, 0.717) is 18.8 Å². The molecule has 1 fully saturated rings. The zero-order valence-corrected chi connectivity index (χ0v) is 19.0. The number of benzene rings is 3. The van der Waals surface area contributed by atoms with Gasteiger partial charge in [-0.05, 0) is 41.0 Å². The summed E-state index contributed by atoms with van der Waals surface area (Å²) in [4.78, 5) is 25.1. The highest BCUT2D eigenvalue weighted by atomic mass is 32.2. The van der Waals surface area contributed by atoms with Gasteiger partial charge in [0.1, 0.15) is 0 Å².